The number of rotatable bonds is 2. The third-order valence-electron chi connectivity index (χ3n) is 4.96. The molecule has 162 valence electrons. The molecule has 0 saturated heterocycles. The summed E-state index contributed by atoms with van der Waals surface area (Å²) in [5.74, 6) is 0. The van der Waals surface area contributed by atoms with Crippen LogP contribution in [0.25, 0.3) is 0 Å². The summed E-state index contributed by atoms with van der Waals surface area (Å²) >= 11 is 0. The van der Waals surface area contributed by atoms with E-state index in [1.165, 1.54) is 4.90 Å². The lowest BCUT2D eigenvalue weighted by Crippen LogP contribution is -2.54. The van der Waals surface area contributed by atoms with Crippen molar-refractivity contribution in [1.82, 2.24) is 0 Å². The molecular weight excluding hydrogens is 414 g/mol. The SMILES string of the molecule is O=C(Nc1ccccc1)N1CCCCc2cc(C(O)(C(F)(F)F)C(F)(F)F)ccc21. The number of urea groups is 1. The van der Waals surface area contributed by atoms with Crippen molar-refractivity contribution in [3.63, 3.8) is 0 Å². The topological polar surface area (TPSA) is 52.6 Å². The zero-order chi connectivity index (χ0) is 22.2. The van der Waals surface area contributed by atoms with E-state index >= 15 is 0 Å². The highest BCUT2D eigenvalue weighted by molar-refractivity contribution is 6.02. The van der Waals surface area contributed by atoms with Gasteiger partial charge < -0.3 is 10.4 Å². The Kier molecular flexibility index (Phi) is 5.72. The average Bonchev–Trinajstić information content (AvgIpc) is 2.88. The number of halogens is 6. The van der Waals surface area contributed by atoms with Crippen LogP contribution in [0.4, 0.5) is 42.5 Å². The van der Waals surface area contributed by atoms with E-state index in [1.807, 2.05) is 0 Å². The molecule has 4 nitrogen and oxygen atoms in total. The van der Waals surface area contributed by atoms with E-state index < -0.39 is 29.5 Å². The van der Waals surface area contributed by atoms with Gasteiger partial charge in [-0.3, -0.25) is 4.90 Å². The van der Waals surface area contributed by atoms with Crippen LogP contribution >= 0.6 is 0 Å². The number of para-hydroxylation sites is 1. The molecule has 2 aromatic rings. The van der Waals surface area contributed by atoms with E-state index in [-0.39, 0.29) is 24.2 Å². The van der Waals surface area contributed by atoms with Crippen molar-refractivity contribution in [3.05, 3.63) is 59.7 Å². The fourth-order valence-corrected chi connectivity index (χ4v) is 3.39. The number of benzene rings is 2. The molecule has 3 rings (SSSR count). The number of alkyl halides is 6. The Bertz CT molecular complexity index is 898. The molecular formula is C20H18F6N2O2. The van der Waals surface area contributed by atoms with Crippen LogP contribution in [0.2, 0.25) is 0 Å². The molecule has 0 aromatic heterocycles. The maximum Gasteiger partial charge on any atom is 0.430 e. The van der Waals surface area contributed by atoms with Crippen LogP contribution in [-0.2, 0) is 12.0 Å². The van der Waals surface area contributed by atoms with Crippen LogP contribution in [0.3, 0.4) is 0 Å². The summed E-state index contributed by atoms with van der Waals surface area (Å²) in [7, 11) is 0. The summed E-state index contributed by atoms with van der Waals surface area (Å²) in [6, 6.07) is 10.2. The number of hydrogen-bond acceptors (Lipinski definition) is 2. The number of hydrogen-bond donors (Lipinski definition) is 2. The van der Waals surface area contributed by atoms with Gasteiger partial charge in [0.2, 0.25) is 0 Å². The summed E-state index contributed by atoms with van der Waals surface area (Å²) in [4.78, 5) is 14.0. The van der Waals surface area contributed by atoms with Crippen LogP contribution in [0.15, 0.2) is 48.5 Å². The molecule has 0 aliphatic carbocycles. The van der Waals surface area contributed by atoms with Crippen molar-refractivity contribution in [1.29, 1.82) is 0 Å². The van der Waals surface area contributed by atoms with Crippen LogP contribution in [-0.4, -0.2) is 30.0 Å². The summed E-state index contributed by atoms with van der Waals surface area (Å²) in [6.45, 7) is 0.244. The number of amides is 2. The van der Waals surface area contributed by atoms with Gasteiger partial charge in [0, 0.05) is 23.5 Å². The Morgan fingerprint density at radius 2 is 1.57 bits per heavy atom. The molecule has 2 aromatic carbocycles. The highest BCUT2D eigenvalue weighted by Gasteiger charge is 2.71. The summed E-state index contributed by atoms with van der Waals surface area (Å²) < 4.78 is 79.2. The normalized spacial score (nSPS) is 15.4. The van der Waals surface area contributed by atoms with Gasteiger partial charge in [-0.1, -0.05) is 30.3 Å². The number of nitrogens with one attached hydrogen (secondary N) is 1. The largest absolute Gasteiger partial charge is 0.430 e. The van der Waals surface area contributed by atoms with Crippen molar-refractivity contribution in [3.8, 4) is 0 Å². The molecule has 10 heteroatoms. The molecule has 2 amide bonds. The molecule has 30 heavy (non-hydrogen) atoms. The number of anilines is 2. The second-order valence-corrected chi connectivity index (χ2v) is 6.95. The average molecular weight is 432 g/mol. The number of carbonyl (C=O) groups is 1. The van der Waals surface area contributed by atoms with Crippen molar-refractivity contribution < 1.29 is 36.2 Å². The molecule has 1 heterocycles. The van der Waals surface area contributed by atoms with Gasteiger partial charge in [0.25, 0.3) is 5.60 Å². The zero-order valence-electron chi connectivity index (χ0n) is 15.5. The second-order valence-electron chi connectivity index (χ2n) is 6.95. The van der Waals surface area contributed by atoms with E-state index in [0.717, 1.165) is 6.07 Å². The Balaban J connectivity index is 2.00. The van der Waals surface area contributed by atoms with Crippen LogP contribution in [0.5, 0.6) is 0 Å². The Morgan fingerprint density at radius 1 is 0.933 bits per heavy atom. The van der Waals surface area contributed by atoms with Gasteiger partial charge in [0.15, 0.2) is 0 Å². The minimum Gasteiger partial charge on any atom is -0.369 e. The smallest absolute Gasteiger partial charge is 0.369 e. The summed E-state index contributed by atoms with van der Waals surface area (Å²) in [6.07, 6.45) is -10.8. The van der Waals surface area contributed by atoms with Crippen LogP contribution < -0.4 is 10.2 Å². The van der Waals surface area contributed by atoms with Crippen LogP contribution in [0, 0.1) is 0 Å². The second kappa shape index (κ2) is 7.82. The lowest BCUT2D eigenvalue weighted by molar-refractivity contribution is -0.376. The highest BCUT2D eigenvalue weighted by atomic mass is 19.4. The fourth-order valence-electron chi connectivity index (χ4n) is 3.39. The maximum atomic E-state index is 13.2. The monoisotopic (exact) mass is 432 g/mol. The molecule has 0 unspecified atom stereocenters. The quantitative estimate of drug-likeness (QED) is 0.627. The minimum absolute atomic E-state index is 0.125. The number of nitrogens with zero attached hydrogens (tertiary/aromatic N) is 1. The third-order valence-corrected chi connectivity index (χ3v) is 4.96. The van der Waals surface area contributed by atoms with Crippen molar-refractivity contribution >= 4 is 17.4 Å². The zero-order valence-corrected chi connectivity index (χ0v) is 15.5. The van der Waals surface area contributed by atoms with Crippen molar-refractivity contribution in [2.75, 3.05) is 16.8 Å². The minimum atomic E-state index is -5.96. The summed E-state index contributed by atoms with van der Waals surface area (Å²) in [5, 5.41) is 12.3. The molecule has 0 spiro atoms. The number of aliphatic hydroxyl groups is 1. The maximum absolute atomic E-state index is 13.2. The van der Waals surface area contributed by atoms with Gasteiger partial charge in [-0.05, 0) is 43.0 Å². The van der Waals surface area contributed by atoms with E-state index in [9.17, 15) is 36.2 Å². The number of fused-ring (bicyclic) bond motifs is 1. The molecule has 0 bridgehead atoms. The third kappa shape index (κ3) is 3.96. The molecule has 0 atom stereocenters. The molecule has 0 fully saturated rings. The van der Waals surface area contributed by atoms with Crippen molar-refractivity contribution in [2.45, 2.75) is 37.2 Å². The van der Waals surface area contributed by atoms with E-state index in [2.05, 4.69) is 5.32 Å². The van der Waals surface area contributed by atoms with Gasteiger partial charge >= 0.3 is 18.4 Å². The fraction of sp³-hybridized carbons (Fsp3) is 0.350. The molecule has 2 N–H and O–H groups in total. The van der Waals surface area contributed by atoms with E-state index in [4.69, 9.17) is 0 Å². The molecule has 1 aliphatic rings. The summed E-state index contributed by atoms with van der Waals surface area (Å²) in [5.41, 5.74) is -5.50. The Labute approximate surface area is 168 Å². The first-order valence-electron chi connectivity index (χ1n) is 9.08. The predicted molar refractivity (Wildman–Crippen MR) is 98.2 cm³/mol. The van der Waals surface area contributed by atoms with Gasteiger partial charge in [0.05, 0.1) is 0 Å². The standard InChI is InChI=1S/C20H18F6N2O2/c21-19(22,23)18(30,20(24,25)26)14-9-10-16-13(12-14)6-4-5-11-28(16)17(29)27-15-7-2-1-3-8-15/h1-3,7-10,12,30H,4-6,11H2,(H,27,29). The van der Waals surface area contributed by atoms with Gasteiger partial charge in [-0.25, -0.2) is 4.79 Å². The number of aryl methyl sites for hydroxylation is 1. The predicted octanol–water partition coefficient (Wildman–Crippen LogP) is 5.37. The van der Waals surface area contributed by atoms with Crippen LogP contribution in [0.1, 0.15) is 24.0 Å². The first-order valence-corrected chi connectivity index (χ1v) is 9.08. The highest BCUT2D eigenvalue weighted by Crippen LogP contribution is 2.50. The Morgan fingerprint density at radius 3 is 2.17 bits per heavy atom. The first-order chi connectivity index (χ1) is 13.9. The van der Waals surface area contributed by atoms with Gasteiger partial charge in [-0.15, -0.1) is 0 Å². The molecule has 0 saturated carbocycles. The number of carbonyl (C=O) groups excluding carboxylic acids is 1. The first kappa shape index (κ1) is 21.9. The Hall–Kier alpha value is -2.75. The lowest BCUT2D eigenvalue weighted by atomic mass is 9.89. The van der Waals surface area contributed by atoms with E-state index in [0.29, 0.717) is 30.7 Å². The molecule has 1 aliphatic heterocycles. The van der Waals surface area contributed by atoms with E-state index in [1.54, 1.807) is 30.3 Å². The van der Waals surface area contributed by atoms with Gasteiger partial charge in [-0.2, -0.15) is 26.3 Å². The lowest BCUT2D eigenvalue weighted by Gasteiger charge is -2.33. The van der Waals surface area contributed by atoms with Gasteiger partial charge in [0.1, 0.15) is 0 Å². The van der Waals surface area contributed by atoms with Crippen molar-refractivity contribution in [2.24, 2.45) is 0 Å². The molecule has 0 radical (unpaired) electrons.